The van der Waals surface area contributed by atoms with Crippen LogP contribution in [0.25, 0.3) is 10.4 Å². The SMILES string of the molecule is CC(=O)O[C@@H]1[C@H](C)O[C@@H](OCc2cc(O)c3c(c2O)C(=O)c2ccccc2C3=O)C[C@H]1N=[N+]=[N-]. The first-order valence-electron chi connectivity index (χ1n) is 10.5. The molecule has 34 heavy (non-hydrogen) atoms. The van der Waals surface area contributed by atoms with Gasteiger partial charge in [-0.3, -0.25) is 14.4 Å². The number of carbonyl (C=O) groups excluding carboxylic acids is 3. The lowest BCUT2D eigenvalue weighted by Gasteiger charge is -2.37. The molecule has 1 heterocycles. The van der Waals surface area contributed by atoms with Crippen molar-refractivity contribution in [3.05, 3.63) is 68.6 Å². The topological polar surface area (TPSA) is 168 Å². The smallest absolute Gasteiger partial charge is 0.303 e. The summed E-state index contributed by atoms with van der Waals surface area (Å²) >= 11 is 0. The Morgan fingerprint density at radius 3 is 2.47 bits per heavy atom. The molecule has 1 fully saturated rings. The summed E-state index contributed by atoms with van der Waals surface area (Å²) in [5, 5.41) is 25.0. The number of rotatable bonds is 5. The van der Waals surface area contributed by atoms with Gasteiger partial charge in [0.05, 0.1) is 29.9 Å². The number of aromatic hydroxyl groups is 2. The number of phenols is 2. The predicted molar refractivity (Wildman–Crippen MR) is 115 cm³/mol. The third-order valence-electron chi connectivity index (χ3n) is 5.80. The zero-order chi connectivity index (χ0) is 24.6. The van der Waals surface area contributed by atoms with Gasteiger partial charge in [-0.2, -0.15) is 0 Å². The Hall–Kier alpha value is -3.92. The van der Waals surface area contributed by atoms with Gasteiger partial charge in [-0.25, -0.2) is 0 Å². The molecule has 2 aromatic carbocycles. The van der Waals surface area contributed by atoms with E-state index in [-0.39, 0.29) is 40.8 Å². The fourth-order valence-corrected chi connectivity index (χ4v) is 4.27. The van der Waals surface area contributed by atoms with E-state index in [0.29, 0.717) is 0 Å². The Morgan fingerprint density at radius 1 is 1.21 bits per heavy atom. The molecule has 2 aliphatic rings. The van der Waals surface area contributed by atoms with Crippen LogP contribution in [-0.4, -0.2) is 52.3 Å². The van der Waals surface area contributed by atoms with Crippen molar-refractivity contribution in [2.75, 3.05) is 0 Å². The van der Waals surface area contributed by atoms with Crippen molar-refractivity contribution < 1.29 is 38.8 Å². The predicted octanol–water partition coefficient (Wildman–Crippen LogP) is 3.14. The average molecular weight is 467 g/mol. The van der Waals surface area contributed by atoms with Crippen LogP contribution in [-0.2, 0) is 25.6 Å². The van der Waals surface area contributed by atoms with Crippen LogP contribution >= 0.6 is 0 Å². The van der Waals surface area contributed by atoms with E-state index in [2.05, 4.69) is 10.0 Å². The zero-order valence-corrected chi connectivity index (χ0v) is 18.3. The number of azide groups is 1. The van der Waals surface area contributed by atoms with Crippen LogP contribution in [0.4, 0.5) is 0 Å². The summed E-state index contributed by atoms with van der Waals surface area (Å²) in [6.45, 7) is 2.58. The molecule has 0 bridgehead atoms. The lowest BCUT2D eigenvalue weighted by atomic mass is 9.82. The number of hydrogen-bond acceptors (Lipinski definition) is 9. The normalized spacial score (nSPS) is 23.5. The van der Waals surface area contributed by atoms with Crippen LogP contribution in [0.1, 0.15) is 57.7 Å². The van der Waals surface area contributed by atoms with E-state index in [1.54, 1.807) is 19.1 Å². The average Bonchev–Trinajstić information content (AvgIpc) is 2.80. The minimum absolute atomic E-state index is 0.0643. The van der Waals surface area contributed by atoms with E-state index in [1.165, 1.54) is 19.1 Å². The van der Waals surface area contributed by atoms with Gasteiger partial charge < -0.3 is 24.4 Å². The molecule has 1 aliphatic carbocycles. The molecule has 2 N–H and O–H groups in total. The molecule has 1 aliphatic heterocycles. The van der Waals surface area contributed by atoms with Crippen molar-refractivity contribution in [1.82, 2.24) is 0 Å². The first-order valence-corrected chi connectivity index (χ1v) is 10.5. The molecule has 176 valence electrons. The molecule has 0 amide bonds. The maximum atomic E-state index is 13.0. The quantitative estimate of drug-likeness (QED) is 0.190. The van der Waals surface area contributed by atoms with Gasteiger partial charge >= 0.3 is 5.97 Å². The van der Waals surface area contributed by atoms with Gasteiger partial charge in [0.15, 0.2) is 17.9 Å². The van der Waals surface area contributed by atoms with Crippen LogP contribution in [0.2, 0.25) is 0 Å². The van der Waals surface area contributed by atoms with Crippen molar-refractivity contribution in [1.29, 1.82) is 0 Å². The highest BCUT2D eigenvalue weighted by Gasteiger charge is 2.39. The molecule has 0 spiro atoms. The van der Waals surface area contributed by atoms with E-state index < -0.39 is 53.6 Å². The van der Waals surface area contributed by atoms with Crippen molar-refractivity contribution >= 4 is 17.5 Å². The van der Waals surface area contributed by atoms with E-state index in [9.17, 15) is 24.6 Å². The summed E-state index contributed by atoms with van der Waals surface area (Å²) in [7, 11) is 0. The number of benzene rings is 2. The summed E-state index contributed by atoms with van der Waals surface area (Å²) in [5.41, 5.74) is 8.65. The second-order valence-corrected chi connectivity index (χ2v) is 8.02. The molecule has 0 radical (unpaired) electrons. The summed E-state index contributed by atoms with van der Waals surface area (Å²) in [6.07, 6.45) is -2.28. The highest BCUT2D eigenvalue weighted by molar-refractivity contribution is 6.30. The van der Waals surface area contributed by atoms with E-state index >= 15 is 0 Å². The molecule has 0 unspecified atom stereocenters. The second-order valence-electron chi connectivity index (χ2n) is 8.02. The van der Waals surface area contributed by atoms with Crippen molar-refractivity contribution in [3.8, 4) is 11.5 Å². The minimum atomic E-state index is -0.895. The molecule has 11 nitrogen and oxygen atoms in total. The van der Waals surface area contributed by atoms with Gasteiger partial charge in [0.2, 0.25) is 0 Å². The molecule has 4 rings (SSSR count). The van der Waals surface area contributed by atoms with Crippen LogP contribution < -0.4 is 0 Å². The van der Waals surface area contributed by atoms with E-state index in [4.69, 9.17) is 19.7 Å². The maximum absolute atomic E-state index is 13.0. The Balaban J connectivity index is 1.57. The lowest BCUT2D eigenvalue weighted by molar-refractivity contribution is -0.233. The molecule has 4 atom stereocenters. The first-order chi connectivity index (χ1) is 16.2. The van der Waals surface area contributed by atoms with Gasteiger partial charge in [-0.05, 0) is 18.5 Å². The fraction of sp³-hybridized carbons (Fsp3) is 0.348. The number of phenolic OH excluding ortho intramolecular Hbond substituents is 2. The van der Waals surface area contributed by atoms with Crippen LogP contribution in [0.3, 0.4) is 0 Å². The van der Waals surface area contributed by atoms with Crippen LogP contribution in [0.5, 0.6) is 11.5 Å². The van der Waals surface area contributed by atoms with Crippen LogP contribution in [0.15, 0.2) is 35.4 Å². The summed E-state index contributed by atoms with van der Waals surface area (Å²) in [5.74, 6) is -2.64. The lowest BCUT2D eigenvalue weighted by Crippen LogP contribution is -2.48. The van der Waals surface area contributed by atoms with Gasteiger partial charge in [-0.1, -0.05) is 29.4 Å². The summed E-state index contributed by atoms with van der Waals surface area (Å²) in [4.78, 5) is 40.0. The Morgan fingerprint density at radius 2 is 1.85 bits per heavy atom. The molecule has 0 aromatic heterocycles. The number of ether oxygens (including phenoxy) is 3. The summed E-state index contributed by atoms with van der Waals surface area (Å²) in [6, 6.07) is 6.58. The van der Waals surface area contributed by atoms with Gasteiger partial charge in [0.1, 0.15) is 17.6 Å². The summed E-state index contributed by atoms with van der Waals surface area (Å²) < 4.78 is 16.6. The van der Waals surface area contributed by atoms with Gasteiger partial charge in [-0.15, -0.1) is 0 Å². The third kappa shape index (κ3) is 4.08. The van der Waals surface area contributed by atoms with Crippen LogP contribution in [0, 0.1) is 0 Å². The molecular formula is C23H21N3O8. The standard InChI is InChI=1S/C23H21N3O8/c1-10-23(34-11(2)27)15(25-26-24)8-17(33-10)32-9-12-7-16(28)18-19(20(12)29)22(31)14-6-4-3-5-13(14)21(18)30/h3-7,10,15,17,23,28-29H,8-9H2,1-2H3/t10-,15+,17+,23+/m0/s1. The number of esters is 1. The van der Waals surface area contributed by atoms with E-state index in [1.807, 2.05) is 0 Å². The van der Waals surface area contributed by atoms with E-state index in [0.717, 1.165) is 6.07 Å². The highest BCUT2D eigenvalue weighted by Crippen LogP contribution is 2.40. The van der Waals surface area contributed by atoms with Crippen molar-refractivity contribution in [2.24, 2.45) is 5.11 Å². The van der Waals surface area contributed by atoms with Crippen molar-refractivity contribution in [3.63, 3.8) is 0 Å². The molecular weight excluding hydrogens is 446 g/mol. The zero-order valence-electron chi connectivity index (χ0n) is 18.3. The Bertz CT molecular complexity index is 1240. The molecule has 0 saturated carbocycles. The Labute approximate surface area is 193 Å². The number of ketones is 2. The second kappa shape index (κ2) is 9.14. The monoisotopic (exact) mass is 467 g/mol. The fourth-order valence-electron chi connectivity index (χ4n) is 4.27. The number of fused-ring (bicyclic) bond motifs is 2. The Kier molecular flexibility index (Phi) is 6.25. The minimum Gasteiger partial charge on any atom is -0.507 e. The highest BCUT2D eigenvalue weighted by atomic mass is 16.7. The molecule has 2 aromatic rings. The van der Waals surface area contributed by atoms with Gasteiger partial charge in [0.25, 0.3) is 0 Å². The van der Waals surface area contributed by atoms with Gasteiger partial charge in [0, 0.05) is 34.9 Å². The first kappa shape index (κ1) is 23.2. The number of carbonyl (C=O) groups is 3. The number of hydrogen-bond donors (Lipinski definition) is 2. The molecule has 11 heteroatoms. The third-order valence-corrected chi connectivity index (χ3v) is 5.80. The largest absolute Gasteiger partial charge is 0.507 e. The van der Waals surface area contributed by atoms with Crippen molar-refractivity contribution in [2.45, 2.75) is 51.4 Å². The number of nitrogens with zero attached hydrogens (tertiary/aromatic N) is 3. The molecule has 1 saturated heterocycles. The maximum Gasteiger partial charge on any atom is 0.303 e.